The number of hydrogen-bond acceptors (Lipinski definition) is 7. The van der Waals surface area contributed by atoms with Crippen LogP contribution in [0.5, 0.6) is 5.75 Å². The van der Waals surface area contributed by atoms with Crippen molar-refractivity contribution in [1.29, 1.82) is 0 Å². The number of aromatic hydroxyl groups is 1. The first-order valence-electron chi connectivity index (χ1n) is 6.93. The number of carbonyl (C=O) groups excluding carboxylic acids is 1. The number of nitrogens with one attached hydrogen (secondary N) is 1. The number of amides is 1. The Balaban J connectivity index is 1.80. The average molecular weight is 594 g/mol. The molecule has 0 aliphatic heterocycles. The highest BCUT2D eigenvalue weighted by Crippen LogP contribution is 2.30. The molecule has 0 aliphatic rings. The van der Waals surface area contributed by atoms with Crippen LogP contribution in [0.25, 0.3) is 10.6 Å². The number of halogens is 2. The zero-order valence-corrected chi connectivity index (χ0v) is 17.8. The number of nitrogens with zero attached hydrogens (tertiary/aromatic N) is 3. The fourth-order valence-corrected chi connectivity index (χ4v) is 4.61. The summed E-state index contributed by atoms with van der Waals surface area (Å²) in [4.78, 5) is 22.6. The number of nitro benzene ring substituents is 1. The van der Waals surface area contributed by atoms with E-state index in [0.717, 1.165) is 14.9 Å². The van der Waals surface area contributed by atoms with Crippen molar-refractivity contribution in [3.05, 3.63) is 59.2 Å². The quantitative estimate of drug-likeness (QED) is 0.265. The topological polar surface area (TPSA) is 118 Å². The van der Waals surface area contributed by atoms with Crippen LogP contribution >= 0.6 is 56.5 Å². The second kappa shape index (κ2) is 7.79. The molecule has 26 heavy (non-hydrogen) atoms. The zero-order valence-electron chi connectivity index (χ0n) is 12.6. The van der Waals surface area contributed by atoms with Crippen LogP contribution in [0.2, 0.25) is 0 Å². The monoisotopic (exact) mass is 594 g/mol. The van der Waals surface area contributed by atoms with Crippen LogP contribution in [0, 0.1) is 17.3 Å². The largest absolute Gasteiger partial charge is 0.506 e. The van der Waals surface area contributed by atoms with Crippen molar-refractivity contribution < 1.29 is 14.8 Å². The maximum atomic E-state index is 12.4. The first kappa shape index (κ1) is 18.9. The van der Waals surface area contributed by atoms with Gasteiger partial charge in [0.2, 0.25) is 5.13 Å². The Morgan fingerprint density at radius 1 is 1.19 bits per heavy atom. The van der Waals surface area contributed by atoms with Crippen molar-refractivity contribution in [1.82, 2.24) is 10.2 Å². The molecule has 0 atom stereocenters. The lowest BCUT2D eigenvalue weighted by Gasteiger charge is -2.06. The van der Waals surface area contributed by atoms with Crippen molar-refractivity contribution >= 4 is 73.2 Å². The van der Waals surface area contributed by atoms with Gasteiger partial charge in [-0.25, -0.2) is 0 Å². The molecule has 1 aromatic heterocycles. The molecule has 0 fully saturated rings. The Kier molecular flexibility index (Phi) is 5.67. The van der Waals surface area contributed by atoms with E-state index in [2.05, 4.69) is 38.1 Å². The minimum Gasteiger partial charge on any atom is -0.506 e. The highest BCUT2D eigenvalue weighted by molar-refractivity contribution is 14.1. The highest BCUT2D eigenvalue weighted by atomic mass is 127. The van der Waals surface area contributed by atoms with Gasteiger partial charge in [-0.1, -0.05) is 11.3 Å². The Hall–Kier alpha value is -1.87. The maximum absolute atomic E-state index is 12.4. The van der Waals surface area contributed by atoms with E-state index in [1.807, 2.05) is 22.6 Å². The summed E-state index contributed by atoms with van der Waals surface area (Å²) in [5, 5.41) is 32.0. The lowest BCUT2D eigenvalue weighted by Crippen LogP contribution is -2.12. The molecule has 0 saturated heterocycles. The highest BCUT2D eigenvalue weighted by Gasteiger charge is 2.17. The van der Waals surface area contributed by atoms with Gasteiger partial charge in [0, 0.05) is 21.3 Å². The van der Waals surface area contributed by atoms with Gasteiger partial charge < -0.3 is 5.11 Å². The van der Waals surface area contributed by atoms with E-state index in [9.17, 15) is 20.0 Å². The van der Waals surface area contributed by atoms with Crippen molar-refractivity contribution in [3.63, 3.8) is 0 Å². The van der Waals surface area contributed by atoms with E-state index in [1.54, 1.807) is 24.3 Å². The van der Waals surface area contributed by atoms with Gasteiger partial charge in [-0.15, -0.1) is 10.2 Å². The van der Waals surface area contributed by atoms with Gasteiger partial charge in [-0.05, 0) is 69.4 Å². The van der Waals surface area contributed by atoms with Crippen molar-refractivity contribution in [2.45, 2.75) is 0 Å². The van der Waals surface area contributed by atoms with E-state index in [4.69, 9.17) is 0 Å². The molecule has 1 amide bonds. The lowest BCUT2D eigenvalue weighted by molar-refractivity contribution is -0.384. The second-order valence-electron chi connectivity index (χ2n) is 4.95. The first-order valence-corrected chi connectivity index (χ1v) is 9.90. The molecule has 0 bridgehead atoms. The van der Waals surface area contributed by atoms with Gasteiger partial charge in [-0.3, -0.25) is 20.2 Å². The fraction of sp³-hybridized carbons (Fsp3) is 0. The second-order valence-corrected chi connectivity index (χ2v) is 8.34. The smallest absolute Gasteiger partial charge is 0.269 e. The van der Waals surface area contributed by atoms with Crippen LogP contribution in [0.4, 0.5) is 10.8 Å². The van der Waals surface area contributed by atoms with Crippen LogP contribution in [-0.2, 0) is 0 Å². The average Bonchev–Trinajstić information content (AvgIpc) is 3.06. The summed E-state index contributed by atoms with van der Waals surface area (Å²) in [6, 6.07) is 9.22. The number of non-ortho nitro benzene ring substituents is 1. The van der Waals surface area contributed by atoms with E-state index in [1.165, 1.54) is 12.1 Å². The number of carbonyl (C=O) groups is 1. The van der Waals surface area contributed by atoms with Crippen LogP contribution in [0.3, 0.4) is 0 Å². The minimum atomic E-state index is -0.495. The summed E-state index contributed by atoms with van der Waals surface area (Å²) in [6.45, 7) is 0. The molecule has 3 aromatic rings. The van der Waals surface area contributed by atoms with Gasteiger partial charge in [0.15, 0.2) is 0 Å². The standard InChI is InChI=1S/C15H8I2N4O4S/c16-8-5-10(12(22)11(17)6-8)13(23)18-15-20-19-14(26-15)7-1-3-9(4-2-7)21(24)25/h1-6,22H,(H,18,20,23). The number of hydrogen-bond donors (Lipinski definition) is 2. The summed E-state index contributed by atoms with van der Waals surface area (Å²) in [7, 11) is 0. The Morgan fingerprint density at radius 3 is 2.54 bits per heavy atom. The number of anilines is 1. The molecule has 0 spiro atoms. The molecule has 132 valence electrons. The molecule has 2 N–H and O–H groups in total. The summed E-state index contributed by atoms with van der Waals surface area (Å²) >= 11 is 5.14. The molecular formula is C15H8I2N4O4S. The predicted molar refractivity (Wildman–Crippen MR) is 113 cm³/mol. The van der Waals surface area contributed by atoms with Crippen molar-refractivity contribution in [2.75, 3.05) is 5.32 Å². The zero-order chi connectivity index (χ0) is 18.8. The van der Waals surface area contributed by atoms with Gasteiger partial charge in [0.05, 0.1) is 14.1 Å². The molecule has 0 unspecified atom stereocenters. The Bertz CT molecular complexity index is 1010. The Labute approximate surface area is 178 Å². The number of benzene rings is 2. The normalized spacial score (nSPS) is 10.5. The molecular weight excluding hydrogens is 586 g/mol. The molecule has 11 heteroatoms. The predicted octanol–water partition coefficient (Wildman–Crippen LogP) is 4.28. The van der Waals surface area contributed by atoms with Gasteiger partial charge >= 0.3 is 0 Å². The maximum Gasteiger partial charge on any atom is 0.269 e. The molecule has 0 saturated carbocycles. The molecule has 0 aliphatic carbocycles. The van der Waals surface area contributed by atoms with E-state index >= 15 is 0 Å². The number of aromatic nitrogens is 2. The van der Waals surface area contributed by atoms with Crippen LogP contribution in [0.15, 0.2) is 36.4 Å². The van der Waals surface area contributed by atoms with E-state index in [-0.39, 0.29) is 22.1 Å². The minimum absolute atomic E-state index is 0.0180. The van der Waals surface area contributed by atoms with E-state index in [0.29, 0.717) is 14.1 Å². The Morgan fingerprint density at radius 2 is 1.88 bits per heavy atom. The molecule has 1 heterocycles. The number of nitro groups is 1. The van der Waals surface area contributed by atoms with Gasteiger partial charge in [0.25, 0.3) is 11.6 Å². The molecule has 0 radical (unpaired) electrons. The van der Waals surface area contributed by atoms with Crippen LogP contribution in [0.1, 0.15) is 10.4 Å². The summed E-state index contributed by atoms with van der Waals surface area (Å²) < 4.78 is 1.39. The first-order chi connectivity index (χ1) is 12.3. The van der Waals surface area contributed by atoms with Crippen molar-refractivity contribution in [3.8, 4) is 16.3 Å². The van der Waals surface area contributed by atoms with E-state index < -0.39 is 10.8 Å². The van der Waals surface area contributed by atoms with Crippen LogP contribution in [-0.4, -0.2) is 26.1 Å². The fourth-order valence-electron chi connectivity index (χ4n) is 2.02. The molecule has 8 nitrogen and oxygen atoms in total. The lowest BCUT2D eigenvalue weighted by atomic mass is 10.2. The molecule has 2 aromatic carbocycles. The van der Waals surface area contributed by atoms with Gasteiger partial charge in [-0.2, -0.15) is 0 Å². The summed E-state index contributed by atoms with van der Waals surface area (Å²) in [5.74, 6) is -0.589. The van der Waals surface area contributed by atoms with Crippen LogP contribution < -0.4 is 5.32 Å². The van der Waals surface area contributed by atoms with Gasteiger partial charge in [0.1, 0.15) is 10.8 Å². The SMILES string of the molecule is O=C(Nc1nnc(-c2ccc([N+](=O)[O-])cc2)s1)c1cc(I)cc(I)c1O. The third-order valence-electron chi connectivity index (χ3n) is 3.24. The third kappa shape index (κ3) is 4.09. The number of phenols is 1. The summed E-state index contributed by atoms with van der Waals surface area (Å²) in [5.41, 5.74) is 0.782. The number of phenolic OH excluding ortho intramolecular Hbond substituents is 1. The summed E-state index contributed by atoms with van der Waals surface area (Å²) in [6.07, 6.45) is 0. The number of rotatable bonds is 4. The van der Waals surface area contributed by atoms with Crippen molar-refractivity contribution in [2.24, 2.45) is 0 Å². The third-order valence-corrected chi connectivity index (χ3v) is 5.58. The molecule has 3 rings (SSSR count).